The van der Waals surface area contributed by atoms with Crippen LogP contribution in [0.4, 0.5) is 0 Å². The van der Waals surface area contributed by atoms with Gasteiger partial charge in [0.1, 0.15) is 5.75 Å². The average molecular weight is 217 g/mol. The van der Waals surface area contributed by atoms with Crippen molar-refractivity contribution in [3.63, 3.8) is 0 Å². The normalized spacial score (nSPS) is 10.1. The number of aromatic hydroxyl groups is 1. The van der Waals surface area contributed by atoms with Gasteiger partial charge in [0.15, 0.2) is 0 Å². The van der Waals surface area contributed by atoms with Gasteiger partial charge in [0.05, 0.1) is 11.1 Å². The SMILES string of the molecule is Cc1cc(Br)c(O)cc1CO. The Morgan fingerprint density at radius 3 is 2.64 bits per heavy atom. The first kappa shape index (κ1) is 8.56. The molecule has 0 aliphatic rings. The van der Waals surface area contributed by atoms with Crippen LogP contribution in [-0.2, 0) is 6.61 Å². The maximum Gasteiger partial charge on any atom is 0.130 e. The molecule has 0 heterocycles. The van der Waals surface area contributed by atoms with Crippen molar-refractivity contribution in [1.29, 1.82) is 0 Å². The molecule has 0 unspecified atom stereocenters. The quantitative estimate of drug-likeness (QED) is 0.754. The predicted molar refractivity (Wildman–Crippen MR) is 46.5 cm³/mol. The van der Waals surface area contributed by atoms with E-state index < -0.39 is 0 Å². The van der Waals surface area contributed by atoms with E-state index in [-0.39, 0.29) is 12.4 Å². The van der Waals surface area contributed by atoms with E-state index in [1.54, 1.807) is 12.1 Å². The van der Waals surface area contributed by atoms with Crippen LogP contribution in [0, 0.1) is 6.92 Å². The maximum atomic E-state index is 9.20. The summed E-state index contributed by atoms with van der Waals surface area (Å²) >= 11 is 3.18. The minimum absolute atomic E-state index is 0.0350. The molecular weight excluding hydrogens is 208 g/mol. The van der Waals surface area contributed by atoms with Gasteiger partial charge >= 0.3 is 0 Å². The fourth-order valence-corrected chi connectivity index (χ4v) is 1.33. The molecule has 0 radical (unpaired) electrons. The Morgan fingerprint density at radius 1 is 1.45 bits per heavy atom. The lowest BCUT2D eigenvalue weighted by atomic mass is 10.1. The Kier molecular flexibility index (Phi) is 2.52. The van der Waals surface area contributed by atoms with Gasteiger partial charge in [-0.05, 0) is 46.1 Å². The zero-order chi connectivity index (χ0) is 8.43. The summed E-state index contributed by atoms with van der Waals surface area (Å²) in [6.07, 6.45) is 0. The van der Waals surface area contributed by atoms with Crippen LogP contribution in [0.3, 0.4) is 0 Å². The van der Waals surface area contributed by atoms with Crippen LogP contribution < -0.4 is 0 Å². The summed E-state index contributed by atoms with van der Waals surface area (Å²) in [6.45, 7) is 1.85. The summed E-state index contributed by atoms with van der Waals surface area (Å²) in [6, 6.07) is 3.33. The molecule has 0 atom stereocenters. The highest BCUT2D eigenvalue weighted by Gasteiger charge is 2.02. The summed E-state index contributed by atoms with van der Waals surface area (Å²) in [5, 5.41) is 18.0. The number of phenolic OH excluding ortho intramolecular Hbond substituents is 1. The highest BCUT2D eigenvalue weighted by molar-refractivity contribution is 9.10. The molecule has 2 nitrogen and oxygen atoms in total. The van der Waals surface area contributed by atoms with Crippen molar-refractivity contribution < 1.29 is 10.2 Å². The van der Waals surface area contributed by atoms with Gasteiger partial charge in [0, 0.05) is 0 Å². The molecule has 1 aromatic rings. The van der Waals surface area contributed by atoms with E-state index >= 15 is 0 Å². The van der Waals surface area contributed by atoms with Crippen LogP contribution >= 0.6 is 15.9 Å². The molecule has 11 heavy (non-hydrogen) atoms. The highest BCUT2D eigenvalue weighted by Crippen LogP contribution is 2.26. The van der Waals surface area contributed by atoms with Crippen LogP contribution in [0.2, 0.25) is 0 Å². The topological polar surface area (TPSA) is 40.5 Å². The first-order valence-electron chi connectivity index (χ1n) is 3.24. The maximum absolute atomic E-state index is 9.20. The molecule has 0 fully saturated rings. The number of aliphatic hydroxyl groups excluding tert-OH is 1. The molecule has 0 amide bonds. The largest absolute Gasteiger partial charge is 0.507 e. The van der Waals surface area contributed by atoms with Crippen molar-refractivity contribution in [3.05, 3.63) is 27.7 Å². The summed E-state index contributed by atoms with van der Waals surface area (Å²) in [7, 11) is 0. The van der Waals surface area contributed by atoms with Crippen LogP contribution in [0.5, 0.6) is 5.75 Å². The fourth-order valence-electron chi connectivity index (χ4n) is 0.875. The van der Waals surface area contributed by atoms with E-state index in [1.165, 1.54) is 0 Å². The van der Waals surface area contributed by atoms with Gasteiger partial charge in [-0.3, -0.25) is 0 Å². The standard InChI is InChI=1S/C8H9BrO2/c1-5-2-7(9)8(11)3-6(5)4-10/h2-3,10-11H,4H2,1H3. The molecule has 0 aliphatic carbocycles. The zero-order valence-corrected chi connectivity index (χ0v) is 7.72. The molecule has 3 heteroatoms. The number of hydrogen-bond acceptors (Lipinski definition) is 2. The Labute approximate surface area is 73.6 Å². The van der Waals surface area contributed by atoms with E-state index in [1.807, 2.05) is 6.92 Å². The first-order valence-corrected chi connectivity index (χ1v) is 4.03. The van der Waals surface area contributed by atoms with Crippen LogP contribution in [0.1, 0.15) is 11.1 Å². The van der Waals surface area contributed by atoms with Crippen molar-refractivity contribution >= 4 is 15.9 Å². The number of aryl methyl sites for hydroxylation is 1. The van der Waals surface area contributed by atoms with E-state index in [4.69, 9.17) is 5.11 Å². The second-order valence-electron chi connectivity index (χ2n) is 2.39. The lowest BCUT2D eigenvalue weighted by Crippen LogP contribution is -1.87. The molecule has 0 saturated carbocycles. The second kappa shape index (κ2) is 3.24. The Balaban J connectivity index is 3.21. The Hall–Kier alpha value is -0.540. The average Bonchev–Trinajstić information content (AvgIpc) is 1.97. The van der Waals surface area contributed by atoms with Crippen LogP contribution in [0.15, 0.2) is 16.6 Å². The molecule has 1 aromatic carbocycles. The lowest BCUT2D eigenvalue weighted by Gasteiger charge is -2.04. The number of hydrogen-bond donors (Lipinski definition) is 2. The lowest BCUT2D eigenvalue weighted by molar-refractivity contribution is 0.280. The summed E-state index contributed by atoms with van der Waals surface area (Å²) in [5.41, 5.74) is 1.72. The van der Waals surface area contributed by atoms with Crippen molar-refractivity contribution in [2.24, 2.45) is 0 Å². The van der Waals surface area contributed by atoms with E-state index in [0.29, 0.717) is 4.47 Å². The molecule has 0 spiro atoms. The number of benzene rings is 1. The van der Waals surface area contributed by atoms with Crippen molar-refractivity contribution in [2.75, 3.05) is 0 Å². The minimum atomic E-state index is -0.0350. The first-order chi connectivity index (χ1) is 5.15. The molecule has 2 N–H and O–H groups in total. The smallest absolute Gasteiger partial charge is 0.130 e. The van der Waals surface area contributed by atoms with Gasteiger partial charge in [0.2, 0.25) is 0 Å². The van der Waals surface area contributed by atoms with E-state index in [0.717, 1.165) is 11.1 Å². The van der Waals surface area contributed by atoms with Gasteiger partial charge in [-0.25, -0.2) is 0 Å². The molecule has 0 saturated heterocycles. The van der Waals surface area contributed by atoms with Gasteiger partial charge < -0.3 is 10.2 Å². The zero-order valence-electron chi connectivity index (χ0n) is 6.13. The number of aliphatic hydroxyl groups is 1. The summed E-state index contributed by atoms with van der Waals surface area (Å²) in [4.78, 5) is 0. The van der Waals surface area contributed by atoms with Crippen LogP contribution in [-0.4, -0.2) is 10.2 Å². The highest BCUT2D eigenvalue weighted by atomic mass is 79.9. The van der Waals surface area contributed by atoms with Gasteiger partial charge in [-0.1, -0.05) is 0 Å². The Morgan fingerprint density at radius 2 is 2.09 bits per heavy atom. The van der Waals surface area contributed by atoms with Gasteiger partial charge in [0.25, 0.3) is 0 Å². The number of halogens is 1. The monoisotopic (exact) mass is 216 g/mol. The molecule has 1 rings (SSSR count). The molecule has 0 aliphatic heterocycles. The minimum Gasteiger partial charge on any atom is -0.507 e. The third-order valence-electron chi connectivity index (χ3n) is 1.58. The predicted octanol–water partition coefficient (Wildman–Crippen LogP) is 1.96. The fraction of sp³-hybridized carbons (Fsp3) is 0.250. The molecule has 0 aromatic heterocycles. The number of phenols is 1. The van der Waals surface area contributed by atoms with E-state index in [9.17, 15) is 5.11 Å². The third-order valence-corrected chi connectivity index (χ3v) is 2.21. The van der Waals surface area contributed by atoms with Gasteiger partial charge in [-0.2, -0.15) is 0 Å². The molecule has 0 bridgehead atoms. The molecule has 60 valence electrons. The van der Waals surface area contributed by atoms with Crippen molar-refractivity contribution in [3.8, 4) is 5.75 Å². The van der Waals surface area contributed by atoms with Crippen LogP contribution in [0.25, 0.3) is 0 Å². The number of rotatable bonds is 1. The van der Waals surface area contributed by atoms with Gasteiger partial charge in [-0.15, -0.1) is 0 Å². The summed E-state index contributed by atoms with van der Waals surface area (Å²) in [5.74, 6) is 0.166. The molecular formula is C8H9BrO2. The Bertz CT molecular complexity index is 271. The van der Waals surface area contributed by atoms with Crippen molar-refractivity contribution in [2.45, 2.75) is 13.5 Å². The van der Waals surface area contributed by atoms with E-state index in [2.05, 4.69) is 15.9 Å². The second-order valence-corrected chi connectivity index (χ2v) is 3.24. The van der Waals surface area contributed by atoms with Crippen molar-refractivity contribution in [1.82, 2.24) is 0 Å². The third kappa shape index (κ3) is 1.73. The summed E-state index contributed by atoms with van der Waals surface area (Å²) < 4.78 is 0.659.